The van der Waals surface area contributed by atoms with Crippen LogP contribution in [0.5, 0.6) is 5.75 Å². The Morgan fingerprint density at radius 1 is 1.30 bits per heavy atom. The molecule has 7 nitrogen and oxygen atoms in total. The Morgan fingerprint density at radius 2 is 2.15 bits per heavy atom. The number of aromatic amines is 1. The van der Waals surface area contributed by atoms with Gasteiger partial charge in [-0.3, -0.25) is 9.59 Å². The number of H-pyrrole nitrogens is 1. The van der Waals surface area contributed by atoms with Crippen molar-refractivity contribution in [1.29, 1.82) is 0 Å². The summed E-state index contributed by atoms with van der Waals surface area (Å²) in [5.74, 6) is 0.871. The van der Waals surface area contributed by atoms with Gasteiger partial charge in [0, 0.05) is 30.4 Å². The van der Waals surface area contributed by atoms with Crippen LogP contribution in [-0.2, 0) is 9.59 Å². The molecule has 7 heteroatoms. The molecule has 2 amide bonds. The van der Waals surface area contributed by atoms with Crippen molar-refractivity contribution >= 4 is 34.2 Å². The van der Waals surface area contributed by atoms with E-state index in [1.165, 1.54) is 0 Å². The molecule has 2 aromatic carbocycles. The maximum atomic E-state index is 12.7. The third-order valence-electron chi connectivity index (χ3n) is 4.73. The molecule has 2 heterocycles. The number of anilines is 2. The highest BCUT2D eigenvalue weighted by molar-refractivity contribution is 6.04. The lowest BCUT2D eigenvalue weighted by molar-refractivity contribution is -0.122. The maximum absolute atomic E-state index is 12.7. The van der Waals surface area contributed by atoms with E-state index in [2.05, 4.69) is 15.3 Å². The summed E-state index contributed by atoms with van der Waals surface area (Å²) in [6, 6.07) is 12.8. The number of nitrogens with one attached hydrogen (secondary N) is 2. The van der Waals surface area contributed by atoms with E-state index in [1.54, 1.807) is 18.1 Å². The first kappa shape index (κ1) is 17.1. The van der Waals surface area contributed by atoms with E-state index in [1.807, 2.05) is 43.3 Å². The zero-order valence-corrected chi connectivity index (χ0v) is 15.2. The molecule has 0 bridgehead atoms. The third kappa shape index (κ3) is 3.36. The van der Waals surface area contributed by atoms with Gasteiger partial charge in [0.25, 0.3) is 0 Å². The van der Waals surface area contributed by atoms with Gasteiger partial charge in [0.1, 0.15) is 11.6 Å². The number of benzene rings is 2. The van der Waals surface area contributed by atoms with E-state index in [0.717, 1.165) is 22.5 Å². The van der Waals surface area contributed by atoms with Crippen LogP contribution in [0.25, 0.3) is 11.0 Å². The first-order chi connectivity index (χ1) is 13.0. The summed E-state index contributed by atoms with van der Waals surface area (Å²) >= 11 is 0. The lowest BCUT2D eigenvalue weighted by atomic mass is 10.1. The first-order valence-corrected chi connectivity index (χ1v) is 8.75. The average Bonchev–Trinajstić information content (AvgIpc) is 3.23. The SMILES string of the molecule is COc1cccc(N2C[C@H](C(=O)Nc3ccc4nc(C)[nH]c4c3)CC2=O)c1. The zero-order chi connectivity index (χ0) is 19.0. The number of hydrogen-bond donors (Lipinski definition) is 2. The number of fused-ring (bicyclic) bond motifs is 1. The predicted molar refractivity (Wildman–Crippen MR) is 103 cm³/mol. The van der Waals surface area contributed by atoms with Gasteiger partial charge in [-0.05, 0) is 37.3 Å². The molecule has 1 aliphatic rings. The smallest absolute Gasteiger partial charge is 0.229 e. The molecule has 1 saturated heterocycles. The molecule has 0 aliphatic carbocycles. The van der Waals surface area contributed by atoms with Crippen LogP contribution in [0.1, 0.15) is 12.2 Å². The van der Waals surface area contributed by atoms with Gasteiger partial charge in [-0.25, -0.2) is 4.98 Å². The van der Waals surface area contributed by atoms with E-state index in [-0.39, 0.29) is 18.2 Å². The van der Waals surface area contributed by atoms with Crippen LogP contribution in [-0.4, -0.2) is 35.4 Å². The molecule has 0 spiro atoms. The third-order valence-corrected chi connectivity index (χ3v) is 4.73. The summed E-state index contributed by atoms with van der Waals surface area (Å²) in [7, 11) is 1.58. The van der Waals surface area contributed by atoms with Crippen LogP contribution >= 0.6 is 0 Å². The number of hydrogen-bond acceptors (Lipinski definition) is 4. The lowest BCUT2D eigenvalue weighted by Gasteiger charge is -2.17. The highest BCUT2D eigenvalue weighted by atomic mass is 16.5. The van der Waals surface area contributed by atoms with Gasteiger partial charge in [0.2, 0.25) is 11.8 Å². The average molecular weight is 364 g/mol. The van der Waals surface area contributed by atoms with Gasteiger partial charge >= 0.3 is 0 Å². The quantitative estimate of drug-likeness (QED) is 0.745. The lowest BCUT2D eigenvalue weighted by Crippen LogP contribution is -2.28. The van der Waals surface area contributed by atoms with Crippen molar-refractivity contribution in [3.63, 3.8) is 0 Å². The highest BCUT2D eigenvalue weighted by Crippen LogP contribution is 2.28. The number of imidazole rings is 1. The fourth-order valence-electron chi connectivity index (χ4n) is 3.37. The van der Waals surface area contributed by atoms with Crippen molar-refractivity contribution in [3.05, 3.63) is 48.3 Å². The van der Waals surface area contributed by atoms with Gasteiger partial charge in [-0.2, -0.15) is 0 Å². The van der Waals surface area contributed by atoms with Crippen LogP contribution in [0.4, 0.5) is 11.4 Å². The Kier molecular flexibility index (Phi) is 4.27. The summed E-state index contributed by atoms with van der Waals surface area (Å²) in [6.45, 7) is 2.23. The second kappa shape index (κ2) is 6.75. The number of amides is 2. The summed E-state index contributed by atoms with van der Waals surface area (Å²) < 4.78 is 5.21. The minimum atomic E-state index is -0.400. The van der Waals surface area contributed by atoms with Gasteiger partial charge < -0.3 is 19.9 Å². The number of rotatable bonds is 4. The first-order valence-electron chi connectivity index (χ1n) is 8.75. The van der Waals surface area contributed by atoms with E-state index < -0.39 is 5.92 Å². The molecule has 4 rings (SSSR count). The molecule has 1 atom stereocenters. The maximum Gasteiger partial charge on any atom is 0.229 e. The monoisotopic (exact) mass is 364 g/mol. The van der Waals surface area contributed by atoms with Crippen molar-refractivity contribution in [2.24, 2.45) is 5.92 Å². The number of carbonyl (C=O) groups is 2. The fraction of sp³-hybridized carbons (Fsp3) is 0.250. The Labute approximate surface area is 156 Å². The minimum absolute atomic E-state index is 0.0666. The predicted octanol–water partition coefficient (Wildman–Crippen LogP) is 2.87. The Morgan fingerprint density at radius 3 is 2.96 bits per heavy atom. The number of nitrogens with zero attached hydrogens (tertiary/aromatic N) is 2. The van der Waals surface area contributed by atoms with Gasteiger partial charge in [0.05, 0.1) is 24.1 Å². The molecular weight excluding hydrogens is 344 g/mol. The van der Waals surface area contributed by atoms with Gasteiger partial charge in [-0.1, -0.05) is 6.07 Å². The molecule has 27 heavy (non-hydrogen) atoms. The zero-order valence-electron chi connectivity index (χ0n) is 15.2. The second-order valence-corrected chi connectivity index (χ2v) is 6.65. The van der Waals surface area contributed by atoms with E-state index in [0.29, 0.717) is 18.0 Å². The van der Waals surface area contributed by atoms with Crippen LogP contribution in [0.3, 0.4) is 0 Å². The Bertz CT molecular complexity index is 1030. The fourth-order valence-corrected chi connectivity index (χ4v) is 3.37. The van der Waals surface area contributed by atoms with E-state index in [4.69, 9.17) is 4.74 Å². The molecule has 1 fully saturated rings. The van der Waals surface area contributed by atoms with Crippen molar-refractivity contribution in [2.75, 3.05) is 23.9 Å². The van der Waals surface area contributed by atoms with Crippen LogP contribution < -0.4 is 15.0 Å². The summed E-state index contributed by atoms with van der Waals surface area (Å²) in [6.07, 6.45) is 0.189. The molecule has 2 N–H and O–H groups in total. The second-order valence-electron chi connectivity index (χ2n) is 6.65. The van der Waals surface area contributed by atoms with Crippen molar-refractivity contribution in [3.8, 4) is 5.75 Å². The summed E-state index contributed by atoms with van der Waals surface area (Å²) in [5.41, 5.74) is 3.14. The van der Waals surface area contributed by atoms with Crippen molar-refractivity contribution in [2.45, 2.75) is 13.3 Å². The summed E-state index contributed by atoms with van der Waals surface area (Å²) in [4.78, 5) is 34.2. The normalized spacial score (nSPS) is 16.7. The Balaban J connectivity index is 1.48. The van der Waals surface area contributed by atoms with E-state index >= 15 is 0 Å². The topological polar surface area (TPSA) is 87.3 Å². The van der Waals surface area contributed by atoms with Crippen LogP contribution in [0.15, 0.2) is 42.5 Å². The molecular formula is C20H20N4O3. The molecule has 0 radical (unpaired) electrons. The number of methoxy groups -OCH3 is 1. The standard InChI is InChI=1S/C20H20N4O3/c1-12-21-17-7-6-14(9-18(17)22-12)23-20(26)13-8-19(25)24(11-13)15-4-3-5-16(10-15)27-2/h3-7,9-10,13H,8,11H2,1-2H3,(H,21,22)(H,23,26)/t13-/m1/s1. The van der Waals surface area contributed by atoms with Gasteiger partial charge in [-0.15, -0.1) is 0 Å². The van der Waals surface area contributed by atoms with Crippen LogP contribution in [0, 0.1) is 12.8 Å². The molecule has 0 unspecified atom stereocenters. The van der Waals surface area contributed by atoms with E-state index in [9.17, 15) is 9.59 Å². The highest BCUT2D eigenvalue weighted by Gasteiger charge is 2.35. The van der Waals surface area contributed by atoms with Gasteiger partial charge in [0.15, 0.2) is 0 Å². The molecule has 1 aromatic heterocycles. The Hall–Kier alpha value is -3.35. The molecule has 138 valence electrons. The summed E-state index contributed by atoms with van der Waals surface area (Å²) in [5, 5.41) is 2.91. The van der Waals surface area contributed by atoms with Crippen molar-refractivity contribution < 1.29 is 14.3 Å². The minimum Gasteiger partial charge on any atom is -0.497 e. The molecule has 3 aromatic rings. The number of aryl methyl sites for hydroxylation is 1. The number of ether oxygens (including phenoxy) is 1. The number of aromatic nitrogens is 2. The number of carbonyl (C=O) groups excluding carboxylic acids is 2. The molecule has 1 aliphatic heterocycles. The largest absolute Gasteiger partial charge is 0.497 e. The molecule has 0 saturated carbocycles. The van der Waals surface area contributed by atoms with Crippen LogP contribution in [0.2, 0.25) is 0 Å². The van der Waals surface area contributed by atoms with Crippen molar-refractivity contribution in [1.82, 2.24) is 9.97 Å².